The summed E-state index contributed by atoms with van der Waals surface area (Å²) in [7, 11) is 1.36. The number of carbonyl (C=O) groups is 1. The number of aromatic amines is 1. The maximum absolute atomic E-state index is 11.3. The number of imidazole rings is 1. The molecule has 1 aromatic heterocycles. The quantitative estimate of drug-likeness (QED) is 0.844. The lowest BCUT2D eigenvalue weighted by molar-refractivity contribution is 0.0601. The van der Waals surface area contributed by atoms with Gasteiger partial charge in [-0.1, -0.05) is 0 Å². The number of benzene rings is 1. The molecule has 0 unspecified atom stereocenters. The van der Waals surface area contributed by atoms with Crippen molar-refractivity contribution in [3.05, 3.63) is 29.6 Å². The maximum atomic E-state index is 11.3. The van der Waals surface area contributed by atoms with Gasteiger partial charge in [0, 0.05) is 6.42 Å². The van der Waals surface area contributed by atoms with Gasteiger partial charge in [0.25, 0.3) is 0 Å². The van der Waals surface area contributed by atoms with Gasteiger partial charge in [0.2, 0.25) is 0 Å². The predicted molar refractivity (Wildman–Crippen MR) is 74.7 cm³/mol. The first-order valence-corrected chi connectivity index (χ1v) is 5.01. The maximum Gasteiger partial charge on any atom is 0.337 e. The van der Waals surface area contributed by atoms with Gasteiger partial charge in [-0.3, -0.25) is 0 Å². The number of H-pyrrole nitrogens is 1. The Hall–Kier alpha value is -1.30. The van der Waals surface area contributed by atoms with Gasteiger partial charge in [-0.15, -0.1) is 24.8 Å². The Morgan fingerprint density at radius 2 is 2.17 bits per heavy atom. The molecule has 0 bridgehead atoms. The third-order valence-corrected chi connectivity index (χ3v) is 2.33. The van der Waals surface area contributed by atoms with Crippen LogP contribution in [-0.2, 0) is 11.2 Å². The summed E-state index contributed by atoms with van der Waals surface area (Å²) >= 11 is 0. The predicted octanol–water partition coefficient (Wildman–Crippen LogP) is 1.69. The summed E-state index contributed by atoms with van der Waals surface area (Å²) in [5, 5.41) is 0. The Morgan fingerprint density at radius 3 is 2.78 bits per heavy atom. The molecule has 0 radical (unpaired) electrons. The largest absolute Gasteiger partial charge is 0.465 e. The SMILES string of the molecule is COC(=O)c1ccc2nc(CCN)[nH]c2c1.Cl.Cl. The van der Waals surface area contributed by atoms with E-state index in [1.54, 1.807) is 18.2 Å². The molecule has 0 aliphatic heterocycles. The van der Waals surface area contributed by atoms with Gasteiger partial charge >= 0.3 is 5.97 Å². The average molecular weight is 292 g/mol. The van der Waals surface area contributed by atoms with Gasteiger partial charge in [-0.05, 0) is 24.7 Å². The van der Waals surface area contributed by atoms with E-state index in [1.165, 1.54) is 7.11 Å². The van der Waals surface area contributed by atoms with Crippen molar-refractivity contribution in [2.45, 2.75) is 6.42 Å². The molecule has 100 valence electrons. The molecule has 0 saturated carbocycles. The van der Waals surface area contributed by atoms with E-state index in [1.807, 2.05) is 0 Å². The summed E-state index contributed by atoms with van der Waals surface area (Å²) in [5.41, 5.74) is 7.61. The number of hydrogen-bond acceptors (Lipinski definition) is 4. The summed E-state index contributed by atoms with van der Waals surface area (Å²) < 4.78 is 4.65. The fourth-order valence-electron chi connectivity index (χ4n) is 1.56. The van der Waals surface area contributed by atoms with E-state index < -0.39 is 0 Å². The van der Waals surface area contributed by atoms with Crippen LogP contribution >= 0.6 is 24.8 Å². The highest BCUT2D eigenvalue weighted by molar-refractivity contribution is 5.93. The summed E-state index contributed by atoms with van der Waals surface area (Å²) in [6.07, 6.45) is 0.697. The minimum atomic E-state index is -0.350. The number of nitrogens with one attached hydrogen (secondary N) is 1. The number of nitrogens with two attached hydrogens (primary N) is 1. The first kappa shape index (κ1) is 16.7. The molecule has 0 saturated heterocycles. The normalized spacial score (nSPS) is 9.44. The van der Waals surface area contributed by atoms with E-state index in [4.69, 9.17) is 5.73 Å². The van der Waals surface area contributed by atoms with Crippen molar-refractivity contribution in [3.63, 3.8) is 0 Å². The van der Waals surface area contributed by atoms with Crippen LogP contribution in [0.3, 0.4) is 0 Å². The second kappa shape index (κ2) is 7.20. The second-order valence-electron chi connectivity index (χ2n) is 3.45. The fraction of sp³-hybridized carbons (Fsp3) is 0.273. The molecular formula is C11H15Cl2N3O2. The van der Waals surface area contributed by atoms with Crippen LogP contribution in [0.2, 0.25) is 0 Å². The van der Waals surface area contributed by atoms with Crippen LogP contribution in [0.25, 0.3) is 11.0 Å². The van der Waals surface area contributed by atoms with Crippen molar-refractivity contribution in [1.29, 1.82) is 0 Å². The zero-order chi connectivity index (χ0) is 11.5. The van der Waals surface area contributed by atoms with Crippen LogP contribution in [0, 0.1) is 0 Å². The molecule has 1 heterocycles. The average Bonchev–Trinajstić information content (AvgIpc) is 2.69. The number of hydrogen-bond donors (Lipinski definition) is 2. The third-order valence-electron chi connectivity index (χ3n) is 2.33. The number of rotatable bonds is 3. The van der Waals surface area contributed by atoms with Gasteiger partial charge in [-0.2, -0.15) is 0 Å². The number of halogens is 2. The molecule has 0 aliphatic rings. The van der Waals surface area contributed by atoms with Crippen LogP contribution in [0.4, 0.5) is 0 Å². The molecule has 2 rings (SSSR count). The van der Waals surface area contributed by atoms with E-state index in [0.29, 0.717) is 18.5 Å². The third kappa shape index (κ3) is 3.35. The van der Waals surface area contributed by atoms with Gasteiger partial charge in [0.05, 0.1) is 23.7 Å². The number of esters is 1. The molecule has 1 aromatic carbocycles. The monoisotopic (exact) mass is 291 g/mol. The lowest BCUT2D eigenvalue weighted by Gasteiger charge is -1.97. The van der Waals surface area contributed by atoms with Crippen LogP contribution in [0.15, 0.2) is 18.2 Å². The molecule has 18 heavy (non-hydrogen) atoms. The number of aromatic nitrogens is 2. The first-order valence-electron chi connectivity index (χ1n) is 5.01. The van der Waals surface area contributed by atoms with Crippen molar-refractivity contribution in [2.24, 2.45) is 5.73 Å². The Balaban J connectivity index is 0.00000144. The van der Waals surface area contributed by atoms with E-state index in [2.05, 4.69) is 14.7 Å². The Morgan fingerprint density at radius 1 is 1.44 bits per heavy atom. The molecule has 5 nitrogen and oxygen atoms in total. The topological polar surface area (TPSA) is 81.0 Å². The molecule has 0 fully saturated rings. The van der Waals surface area contributed by atoms with Crippen molar-refractivity contribution < 1.29 is 9.53 Å². The molecule has 0 spiro atoms. The number of carbonyl (C=O) groups excluding carboxylic acids is 1. The lowest BCUT2D eigenvalue weighted by Crippen LogP contribution is -2.03. The molecular weight excluding hydrogens is 277 g/mol. The van der Waals surface area contributed by atoms with E-state index >= 15 is 0 Å². The highest BCUT2D eigenvalue weighted by atomic mass is 35.5. The zero-order valence-corrected chi connectivity index (χ0v) is 11.4. The molecule has 3 N–H and O–H groups in total. The molecule has 0 aliphatic carbocycles. The van der Waals surface area contributed by atoms with Crippen LogP contribution in [0.1, 0.15) is 16.2 Å². The lowest BCUT2D eigenvalue weighted by atomic mass is 10.2. The number of ether oxygens (including phenoxy) is 1. The molecule has 0 atom stereocenters. The fourth-order valence-corrected chi connectivity index (χ4v) is 1.56. The summed E-state index contributed by atoms with van der Waals surface area (Å²) in [6, 6.07) is 5.22. The van der Waals surface area contributed by atoms with Gasteiger partial charge in [0.1, 0.15) is 5.82 Å². The van der Waals surface area contributed by atoms with Crippen LogP contribution in [0.5, 0.6) is 0 Å². The minimum absolute atomic E-state index is 0. The van der Waals surface area contributed by atoms with Crippen molar-refractivity contribution in [1.82, 2.24) is 9.97 Å². The smallest absolute Gasteiger partial charge is 0.337 e. The Bertz CT molecular complexity index is 528. The van der Waals surface area contributed by atoms with Gasteiger partial charge < -0.3 is 15.5 Å². The highest BCUT2D eigenvalue weighted by Gasteiger charge is 2.08. The van der Waals surface area contributed by atoms with Crippen molar-refractivity contribution in [3.8, 4) is 0 Å². The number of methoxy groups -OCH3 is 1. The van der Waals surface area contributed by atoms with E-state index in [0.717, 1.165) is 16.9 Å². The zero-order valence-electron chi connectivity index (χ0n) is 9.80. The van der Waals surface area contributed by atoms with Gasteiger partial charge in [0.15, 0.2) is 0 Å². The summed E-state index contributed by atoms with van der Waals surface area (Å²) in [5.74, 6) is 0.483. The van der Waals surface area contributed by atoms with Crippen molar-refractivity contribution >= 4 is 41.8 Å². The summed E-state index contributed by atoms with van der Waals surface area (Å²) in [4.78, 5) is 18.8. The number of fused-ring (bicyclic) bond motifs is 1. The van der Waals surface area contributed by atoms with Crippen LogP contribution in [-0.4, -0.2) is 29.6 Å². The first-order chi connectivity index (χ1) is 7.74. The Labute approximate surface area is 117 Å². The highest BCUT2D eigenvalue weighted by Crippen LogP contribution is 2.14. The van der Waals surface area contributed by atoms with Crippen molar-refractivity contribution in [2.75, 3.05) is 13.7 Å². The number of nitrogens with zero attached hydrogens (tertiary/aromatic N) is 1. The van der Waals surface area contributed by atoms with E-state index in [9.17, 15) is 4.79 Å². The van der Waals surface area contributed by atoms with Crippen LogP contribution < -0.4 is 5.73 Å². The van der Waals surface area contributed by atoms with Gasteiger partial charge in [-0.25, -0.2) is 9.78 Å². The molecule has 7 heteroatoms. The Kier molecular flexibility index (Phi) is 6.68. The second-order valence-corrected chi connectivity index (χ2v) is 3.45. The van der Waals surface area contributed by atoms with E-state index in [-0.39, 0.29) is 30.8 Å². The molecule has 0 amide bonds. The summed E-state index contributed by atoms with van der Waals surface area (Å²) in [6.45, 7) is 0.545. The standard InChI is InChI=1S/C11H13N3O2.2ClH/c1-16-11(15)7-2-3-8-9(6-7)14-10(13-8)4-5-12;;/h2-3,6H,4-5,12H2,1H3,(H,13,14);2*1H. The minimum Gasteiger partial charge on any atom is -0.465 e. The molecule has 2 aromatic rings.